The minimum atomic E-state index is -0.294. The summed E-state index contributed by atoms with van der Waals surface area (Å²) in [4.78, 5) is 30.2. The van der Waals surface area contributed by atoms with Crippen LogP contribution in [0.5, 0.6) is 5.75 Å². The van der Waals surface area contributed by atoms with Crippen LogP contribution in [0.1, 0.15) is 12.5 Å². The van der Waals surface area contributed by atoms with Crippen LogP contribution >= 0.6 is 22.9 Å². The van der Waals surface area contributed by atoms with Crippen molar-refractivity contribution in [3.63, 3.8) is 0 Å². The highest BCUT2D eigenvalue weighted by molar-refractivity contribution is 7.14. The van der Waals surface area contributed by atoms with Crippen molar-refractivity contribution in [3.8, 4) is 17.0 Å². The second kappa shape index (κ2) is 8.23. The molecule has 4 rings (SSSR count). The van der Waals surface area contributed by atoms with Crippen LogP contribution in [-0.4, -0.2) is 29.9 Å². The SMILES string of the molecule is CC(=O)N1CCc2ccc(-c3csc(NC(=O)COc4ccc(Cl)cc4)n3)cc21. The zero-order valence-electron chi connectivity index (χ0n) is 15.6. The van der Waals surface area contributed by atoms with E-state index in [2.05, 4.69) is 10.3 Å². The number of rotatable bonds is 5. The van der Waals surface area contributed by atoms with Crippen molar-refractivity contribution < 1.29 is 14.3 Å². The smallest absolute Gasteiger partial charge is 0.264 e. The molecule has 2 aromatic carbocycles. The summed E-state index contributed by atoms with van der Waals surface area (Å²) in [6.45, 7) is 2.16. The number of carbonyl (C=O) groups excluding carboxylic acids is 2. The summed E-state index contributed by atoms with van der Waals surface area (Å²) in [6.07, 6.45) is 0.862. The van der Waals surface area contributed by atoms with Crippen molar-refractivity contribution in [2.24, 2.45) is 0 Å². The Morgan fingerprint density at radius 2 is 2.03 bits per heavy atom. The molecule has 8 heteroatoms. The fraction of sp³-hybridized carbons (Fsp3) is 0.190. The molecule has 0 fully saturated rings. The first-order chi connectivity index (χ1) is 14.0. The molecule has 1 N–H and O–H groups in total. The van der Waals surface area contributed by atoms with E-state index in [0.717, 1.165) is 28.9 Å². The normalized spacial score (nSPS) is 12.6. The fourth-order valence-electron chi connectivity index (χ4n) is 3.16. The number of nitrogens with zero attached hydrogens (tertiary/aromatic N) is 2. The Hall–Kier alpha value is -2.90. The topological polar surface area (TPSA) is 71.5 Å². The van der Waals surface area contributed by atoms with E-state index in [1.165, 1.54) is 11.3 Å². The number of ether oxygens (including phenoxy) is 1. The zero-order chi connectivity index (χ0) is 20.4. The minimum Gasteiger partial charge on any atom is -0.484 e. The number of carbonyl (C=O) groups is 2. The van der Waals surface area contributed by atoms with Crippen LogP contribution in [0.4, 0.5) is 10.8 Å². The van der Waals surface area contributed by atoms with Crippen LogP contribution in [0.3, 0.4) is 0 Å². The largest absolute Gasteiger partial charge is 0.484 e. The average molecular weight is 428 g/mol. The molecule has 1 aromatic heterocycles. The number of hydrogen-bond donors (Lipinski definition) is 1. The third kappa shape index (κ3) is 4.41. The second-order valence-corrected chi connectivity index (χ2v) is 7.89. The number of thiazole rings is 1. The summed E-state index contributed by atoms with van der Waals surface area (Å²) in [5, 5.41) is 5.73. The molecule has 0 unspecified atom stereocenters. The summed E-state index contributed by atoms with van der Waals surface area (Å²) in [6, 6.07) is 12.8. The molecule has 2 heterocycles. The highest BCUT2D eigenvalue weighted by Gasteiger charge is 2.22. The van der Waals surface area contributed by atoms with Gasteiger partial charge in [-0.15, -0.1) is 11.3 Å². The van der Waals surface area contributed by atoms with Gasteiger partial charge in [0.15, 0.2) is 11.7 Å². The number of halogens is 1. The quantitative estimate of drug-likeness (QED) is 0.655. The van der Waals surface area contributed by atoms with Crippen LogP contribution in [0, 0.1) is 0 Å². The molecule has 0 bridgehead atoms. The number of hydrogen-bond acceptors (Lipinski definition) is 5. The highest BCUT2D eigenvalue weighted by Crippen LogP contribution is 2.34. The molecule has 1 aliphatic rings. The minimum absolute atomic E-state index is 0.0350. The Morgan fingerprint density at radius 3 is 2.79 bits per heavy atom. The monoisotopic (exact) mass is 427 g/mol. The number of aromatic nitrogens is 1. The lowest BCUT2D eigenvalue weighted by Gasteiger charge is -2.15. The lowest BCUT2D eigenvalue weighted by Crippen LogP contribution is -2.25. The molecule has 2 amide bonds. The molecule has 1 aliphatic heterocycles. The van der Waals surface area contributed by atoms with Gasteiger partial charge in [0, 0.05) is 35.1 Å². The van der Waals surface area contributed by atoms with E-state index in [1.807, 2.05) is 23.6 Å². The Balaban J connectivity index is 1.41. The van der Waals surface area contributed by atoms with Gasteiger partial charge in [-0.25, -0.2) is 4.98 Å². The van der Waals surface area contributed by atoms with Gasteiger partial charge < -0.3 is 9.64 Å². The summed E-state index contributed by atoms with van der Waals surface area (Å²) >= 11 is 7.17. The van der Waals surface area contributed by atoms with E-state index < -0.39 is 0 Å². The van der Waals surface area contributed by atoms with Gasteiger partial charge in [-0.3, -0.25) is 14.9 Å². The molecule has 3 aromatic rings. The van der Waals surface area contributed by atoms with Gasteiger partial charge in [0.1, 0.15) is 5.75 Å². The first-order valence-corrected chi connectivity index (χ1v) is 10.3. The lowest BCUT2D eigenvalue weighted by atomic mass is 10.1. The van der Waals surface area contributed by atoms with Crippen molar-refractivity contribution in [3.05, 3.63) is 58.4 Å². The fourth-order valence-corrected chi connectivity index (χ4v) is 4.03. The van der Waals surface area contributed by atoms with E-state index in [-0.39, 0.29) is 18.4 Å². The third-order valence-corrected chi connectivity index (χ3v) is 5.60. The van der Waals surface area contributed by atoms with Crippen LogP contribution in [0.25, 0.3) is 11.3 Å². The molecule has 0 saturated carbocycles. The molecule has 0 aliphatic carbocycles. The molecule has 29 heavy (non-hydrogen) atoms. The summed E-state index contributed by atoms with van der Waals surface area (Å²) < 4.78 is 5.44. The molecular weight excluding hydrogens is 410 g/mol. The molecule has 0 radical (unpaired) electrons. The second-order valence-electron chi connectivity index (χ2n) is 6.59. The molecule has 0 atom stereocenters. The molecule has 0 saturated heterocycles. The van der Waals surface area contributed by atoms with Crippen molar-refractivity contribution in [2.45, 2.75) is 13.3 Å². The van der Waals surface area contributed by atoms with Crippen LogP contribution < -0.4 is 15.0 Å². The Morgan fingerprint density at radius 1 is 1.24 bits per heavy atom. The first-order valence-electron chi connectivity index (χ1n) is 9.05. The predicted octanol–water partition coefficient (Wildman–Crippen LogP) is 4.39. The summed E-state index contributed by atoms with van der Waals surface area (Å²) in [5.41, 5.74) is 3.75. The molecule has 148 valence electrons. The van der Waals surface area contributed by atoms with Gasteiger partial charge in [-0.05, 0) is 42.3 Å². The van der Waals surface area contributed by atoms with Crippen LogP contribution in [-0.2, 0) is 16.0 Å². The summed E-state index contributed by atoms with van der Waals surface area (Å²) in [7, 11) is 0. The maximum atomic E-state index is 12.1. The molecule has 0 spiro atoms. The Kier molecular flexibility index (Phi) is 5.51. The number of benzene rings is 2. The van der Waals surface area contributed by atoms with Gasteiger partial charge in [-0.1, -0.05) is 23.7 Å². The lowest BCUT2D eigenvalue weighted by molar-refractivity contribution is -0.118. The number of amides is 2. The zero-order valence-corrected chi connectivity index (χ0v) is 17.2. The predicted molar refractivity (Wildman–Crippen MR) is 115 cm³/mol. The Bertz CT molecular complexity index is 1070. The van der Waals surface area contributed by atoms with Crippen LogP contribution in [0.15, 0.2) is 47.8 Å². The van der Waals surface area contributed by atoms with Gasteiger partial charge >= 0.3 is 0 Å². The maximum absolute atomic E-state index is 12.1. The van der Waals surface area contributed by atoms with E-state index >= 15 is 0 Å². The number of fused-ring (bicyclic) bond motifs is 1. The average Bonchev–Trinajstić information content (AvgIpc) is 3.34. The van der Waals surface area contributed by atoms with Gasteiger partial charge in [0.2, 0.25) is 5.91 Å². The third-order valence-electron chi connectivity index (χ3n) is 4.59. The number of nitrogens with one attached hydrogen (secondary N) is 1. The van der Waals surface area contributed by atoms with Gasteiger partial charge in [0.05, 0.1) is 5.69 Å². The first kappa shape index (κ1) is 19.4. The standard InChI is InChI=1S/C21H18ClN3O3S/c1-13(26)25-9-8-14-2-3-15(10-19(14)25)18-12-29-21(23-18)24-20(27)11-28-17-6-4-16(22)5-7-17/h2-7,10,12H,8-9,11H2,1H3,(H,23,24,27). The maximum Gasteiger partial charge on any atom is 0.264 e. The molecule has 6 nitrogen and oxygen atoms in total. The van der Waals surface area contributed by atoms with Crippen molar-refractivity contribution >= 4 is 45.6 Å². The van der Waals surface area contributed by atoms with E-state index in [0.29, 0.717) is 22.4 Å². The van der Waals surface area contributed by atoms with Crippen LogP contribution in [0.2, 0.25) is 5.02 Å². The summed E-state index contributed by atoms with van der Waals surface area (Å²) in [5.74, 6) is 0.308. The van der Waals surface area contributed by atoms with Gasteiger partial charge in [0.25, 0.3) is 5.91 Å². The molecular formula is C21H18ClN3O3S. The van der Waals surface area contributed by atoms with E-state index in [4.69, 9.17) is 16.3 Å². The number of anilines is 2. The van der Waals surface area contributed by atoms with Crippen molar-refractivity contribution in [1.29, 1.82) is 0 Å². The Labute approximate surface area is 177 Å². The van der Waals surface area contributed by atoms with Crippen molar-refractivity contribution in [1.82, 2.24) is 4.98 Å². The van der Waals surface area contributed by atoms with Crippen molar-refractivity contribution in [2.75, 3.05) is 23.4 Å². The van der Waals surface area contributed by atoms with E-state index in [1.54, 1.807) is 36.1 Å². The highest BCUT2D eigenvalue weighted by atomic mass is 35.5. The van der Waals surface area contributed by atoms with E-state index in [9.17, 15) is 9.59 Å². The van der Waals surface area contributed by atoms with Gasteiger partial charge in [-0.2, -0.15) is 0 Å².